The van der Waals surface area contributed by atoms with Gasteiger partial charge in [-0.2, -0.15) is 0 Å². The van der Waals surface area contributed by atoms with Crippen molar-refractivity contribution in [2.75, 3.05) is 13.2 Å². The fourth-order valence-corrected chi connectivity index (χ4v) is 4.76. The van der Waals surface area contributed by atoms with Crippen molar-refractivity contribution < 1.29 is 74.4 Å². The molecule has 2 fully saturated rings. The van der Waals surface area contributed by atoms with Crippen LogP contribution in [0.4, 0.5) is 0 Å². The third kappa shape index (κ3) is 7.76. The second-order valence-corrected chi connectivity index (χ2v) is 10.4. The first-order chi connectivity index (χ1) is 20.9. The van der Waals surface area contributed by atoms with E-state index in [4.69, 9.17) is 23.7 Å². The quantitative estimate of drug-likeness (QED) is 0.0873. The van der Waals surface area contributed by atoms with Gasteiger partial charge in [-0.15, -0.1) is 0 Å². The predicted octanol–water partition coefficient (Wildman–Crippen LogP) is -1.02. The fraction of sp³-hybridized carbons (Fsp3) is 0.483. The maximum atomic E-state index is 12.8. The number of aromatic hydroxyl groups is 4. The molecule has 2 aliphatic heterocycles. The lowest BCUT2D eigenvalue weighted by Crippen LogP contribution is -2.65. The number of carbonyl (C=O) groups is 1. The summed E-state index contributed by atoms with van der Waals surface area (Å²) in [5, 5.41) is 90.5. The number of aliphatic hydroxyl groups excluding tert-OH is 5. The lowest BCUT2D eigenvalue weighted by molar-refractivity contribution is -0.357. The minimum atomic E-state index is -1.77. The van der Waals surface area contributed by atoms with E-state index < -0.39 is 79.7 Å². The summed E-state index contributed by atoms with van der Waals surface area (Å²) in [4.78, 5) is 12.8. The molecule has 44 heavy (non-hydrogen) atoms. The standard InChI is InChI=1S/C29H36O15/c1-13-22(36)23(37)24(38)29(41-13)44-27-25(39)28(40-9-8-15-3-6-17(32)19(34)11-15)42-20(12-30)26(27)43-21(35)7-4-14-2-5-16(31)18(33)10-14/h2-7,10-11,13,20,22-34,36-39H,8-9,12H2,1H3/b7-4+/t13-,20+,22-,23+,24+,25+,26-,27+,28+,29-/m0/s1. The van der Waals surface area contributed by atoms with Crippen LogP contribution in [0.5, 0.6) is 23.0 Å². The Morgan fingerprint density at radius 1 is 0.818 bits per heavy atom. The highest BCUT2D eigenvalue weighted by Gasteiger charge is 2.52. The molecule has 2 aliphatic rings. The van der Waals surface area contributed by atoms with E-state index in [1.54, 1.807) is 6.07 Å². The van der Waals surface area contributed by atoms with Crippen molar-refractivity contribution in [3.05, 3.63) is 53.6 Å². The van der Waals surface area contributed by atoms with Crippen LogP contribution < -0.4 is 0 Å². The molecule has 0 unspecified atom stereocenters. The number of benzene rings is 2. The van der Waals surface area contributed by atoms with E-state index in [9.17, 15) is 50.8 Å². The van der Waals surface area contributed by atoms with Crippen molar-refractivity contribution in [3.8, 4) is 23.0 Å². The fourth-order valence-electron chi connectivity index (χ4n) is 4.76. The molecule has 0 radical (unpaired) electrons. The first kappa shape index (κ1) is 33.4. The summed E-state index contributed by atoms with van der Waals surface area (Å²) in [5.74, 6) is -2.40. The Bertz CT molecular complexity index is 1300. The van der Waals surface area contributed by atoms with E-state index >= 15 is 0 Å². The number of hydrogen-bond acceptors (Lipinski definition) is 15. The van der Waals surface area contributed by atoms with Crippen molar-refractivity contribution >= 4 is 12.0 Å². The van der Waals surface area contributed by atoms with Crippen molar-refractivity contribution in [2.45, 2.75) is 74.8 Å². The highest BCUT2D eigenvalue weighted by Crippen LogP contribution is 2.32. The van der Waals surface area contributed by atoms with Gasteiger partial charge >= 0.3 is 5.97 Å². The molecule has 0 bridgehead atoms. The van der Waals surface area contributed by atoms with Crippen LogP contribution in [0.2, 0.25) is 0 Å². The number of carbonyl (C=O) groups excluding carboxylic acids is 1. The van der Waals surface area contributed by atoms with E-state index in [-0.39, 0.29) is 30.3 Å². The Hall–Kier alpha value is -3.51. The van der Waals surface area contributed by atoms with Crippen LogP contribution in [-0.4, -0.2) is 127 Å². The van der Waals surface area contributed by atoms with Gasteiger partial charge in [-0.25, -0.2) is 4.79 Å². The van der Waals surface area contributed by atoms with Crippen LogP contribution in [0.15, 0.2) is 42.5 Å². The number of esters is 1. The van der Waals surface area contributed by atoms with Crippen molar-refractivity contribution in [2.24, 2.45) is 0 Å². The summed E-state index contributed by atoms with van der Waals surface area (Å²) < 4.78 is 28.2. The zero-order chi connectivity index (χ0) is 32.1. The van der Waals surface area contributed by atoms with Gasteiger partial charge in [-0.3, -0.25) is 0 Å². The van der Waals surface area contributed by atoms with E-state index in [2.05, 4.69) is 0 Å². The predicted molar refractivity (Wildman–Crippen MR) is 147 cm³/mol. The zero-order valence-corrected chi connectivity index (χ0v) is 23.5. The number of rotatable bonds is 10. The smallest absolute Gasteiger partial charge is 0.331 e. The Labute approximate surface area is 251 Å². The average Bonchev–Trinajstić information content (AvgIpc) is 2.99. The Balaban J connectivity index is 1.52. The lowest BCUT2D eigenvalue weighted by atomic mass is 9.97. The molecular weight excluding hydrogens is 588 g/mol. The van der Waals surface area contributed by atoms with Crippen LogP contribution >= 0.6 is 0 Å². The molecule has 9 N–H and O–H groups in total. The van der Waals surface area contributed by atoms with Crippen molar-refractivity contribution in [3.63, 3.8) is 0 Å². The van der Waals surface area contributed by atoms with Gasteiger partial charge in [0.1, 0.15) is 36.6 Å². The highest BCUT2D eigenvalue weighted by molar-refractivity contribution is 5.87. The van der Waals surface area contributed by atoms with E-state index in [1.807, 2.05) is 0 Å². The molecule has 15 nitrogen and oxygen atoms in total. The summed E-state index contributed by atoms with van der Waals surface area (Å²) in [6, 6.07) is 7.98. The van der Waals surface area contributed by atoms with Gasteiger partial charge in [0.05, 0.1) is 19.3 Å². The number of phenols is 4. The minimum absolute atomic E-state index is 0.0754. The van der Waals surface area contributed by atoms with Crippen molar-refractivity contribution in [1.29, 1.82) is 0 Å². The molecular formula is C29H36O15. The highest BCUT2D eigenvalue weighted by atomic mass is 16.7. The number of aliphatic hydroxyl groups is 5. The first-order valence-corrected chi connectivity index (χ1v) is 13.7. The lowest BCUT2D eigenvalue weighted by Gasteiger charge is -2.46. The Morgan fingerprint density at radius 2 is 1.50 bits per heavy atom. The molecule has 10 atom stereocenters. The number of hydrogen-bond donors (Lipinski definition) is 9. The van der Waals surface area contributed by atoms with Gasteiger partial charge in [-0.05, 0) is 54.8 Å². The molecule has 0 aliphatic carbocycles. The second-order valence-electron chi connectivity index (χ2n) is 10.4. The largest absolute Gasteiger partial charge is 0.504 e. The molecule has 0 spiro atoms. The molecule has 0 aromatic heterocycles. The average molecular weight is 625 g/mol. The Morgan fingerprint density at radius 3 is 2.16 bits per heavy atom. The monoisotopic (exact) mass is 624 g/mol. The van der Waals surface area contributed by atoms with E-state index in [1.165, 1.54) is 43.3 Å². The van der Waals surface area contributed by atoms with E-state index in [0.29, 0.717) is 11.1 Å². The summed E-state index contributed by atoms with van der Waals surface area (Å²) in [6.45, 7) is 0.606. The third-order valence-electron chi connectivity index (χ3n) is 7.27. The zero-order valence-electron chi connectivity index (χ0n) is 23.5. The minimum Gasteiger partial charge on any atom is -0.504 e. The van der Waals surface area contributed by atoms with Gasteiger partial charge in [0.2, 0.25) is 0 Å². The molecule has 4 rings (SSSR count). The Kier molecular flexibility index (Phi) is 11.0. The van der Waals surface area contributed by atoms with Crippen LogP contribution in [0.25, 0.3) is 6.08 Å². The van der Waals surface area contributed by atoms with Gasteiger partial charge in [-0.1, -0.05) is 12.1 Å². The van der Waals surface area contributed by atoms with Crippen molar-refractivity contribution in [1.82, 2.24) is 0 Å². The first-order valence-electron chi connectivity index (χ1n) is 13.7. The maximum Gasteiger partial charge on any atom is 0.331 e. The summed E-state index contributed by atoms with van der Waals surface area (Å²) >= 11 is 0. The maximum absolute atomic E-state index is 12.8. The van der Waals surface area contributed by atoms with Crippen LogP contribution in [0.3, 0.4) is 0 Å². The third-order valence-corrected chi connectivity index (χ3v) is 7.27. The summed E-state index contributed by atoms with van der Waals surface area (Å²) in [6.07, 6.45) is -12.6. The summed E-state index contributed by atoms with van der Waals surface area (Å²) in [5.41, 5.74) is 0.914. The van der Waals surface area contributed by atoms with Gasteiger partial charge < -0.3 is 69.6 Å². The second kappa shape index (κ2) is 14.5. The summed E-state index contributed by atoms with van der Waals surface area (Å²) in [7, 11) is 0. The molecule has 2 heterocycles. The van der Waals surface area contributed by atoms with Crippen LogP contribution in [-0.2, 0) is 34.9 Å². The number of ether oxygens (including phenoxy) is 5. The normalized spacial score (nSPS) is 32.5. The topological polar surface area (TPSA) is 245 Å². The molecule has 15 heteroatoms. The van der Waals surface area contributed by atoms with E-state index in [0.717, 1.165) is 6.08 Å². The molecule has 2 saturated heterocycles. The van der Waals surface area contributed by atoms with Crippen LogP contribution in [0.1, 0.15) is 18.1 Å². The molecule has 2 aromatic rings. The molecule has 242 valence electrons. The molecule has 2 aromatic carbocycles. The van der Waals surface area contributed by atoms with Gasteiger partial charge in [0.25, 0.3) is 0 Å². The SMILES string of the molecule is C[C@@H]1O[C@@H](O[C@@H]2[C@@H](O)[C@H](OCCc3ccc(O)c(O)c3)O[C@H](CO)[C@@H]2OC(=O)/C=C/c2ccc(O)c(O)c2)[C@H](O)[C@H](O)[C@H]1O. The molecule has 0 saturated carbocycles. The van der Waals surface area contributed by atoms with Gasteiger partial charge in [0.15, 0.2) is 41.7 Å². The molecule has 0 amide bonds. The van der Waals surface area contributed by atoms with Crippen LogP contribution in [0, 0.1) is 0 Å². The number of phenolic OH excluding ortho intramolecular Hbond substituents is 4. The van der Waals surface area contributed by atoms with Gasteiger partial charge in [0, 0.05) is 6.08 Å².